The summed E-state index contributed by atoms with van der Waals surface area (Å²) in [4.78, 5) is 7.49. The molecule has 5 nitrogen and oxygen atoms in total. The van der Waals surface area contributed by atoms with Crippen molar-refractivity contribution < 1.29 is 6.03 Å². The summed E-state index contributed by atoms with van der Waals surface area (Å²) in [5.74, 6) is 0.615. The molecule has 4 heterocycles. The molecule has 0 aliphatic carbocycles. The molecule has 7 aromatic rings. The van der Waals surface area contributed by atoms with Gasteiger partial charge >= 0.3 is 478 Å². The molecule has 396 valence electrons. The van der Waals surface area contributed by atoms with Crippen LogP contribution in [0.25, 0.3) is 0 Å². The molecule has 0 radical (unpaired) electrons. The Morgan fingerprint density at radius 1 is 0.289 bits per heavy atom. The van der Waals surface area contributed by atoms with E-state index < -0.39 is 18.2 Å². The SMILES string of the molecule is CC(C)(C)c1ccc(N2c3cc(C(C)(C)C)cc4[c]3[Sb]35([O]c6c(Cl)c(Cl)c(Cl)c(Cl)c6[O]3)[c]3c2cc(C(C)(C)C)cc3N(c2ccc(C(C)(C)C)cc2)c2cc(C(C)(C)C)cc([c]25)N4c2ccc(C(C)(C)C)cc2)cc1. The van der Waals surface area contributed by atoms with E-state index in [9.17, 15) is 0 Å². The Morgan fingerprint density at radius 3 is 0.671 bits per heavy atom. The van der Waals surface area contributed by atoms with Crippen LogP contribution in [0.1, 0.15) is 158 Å². The number of hydrogen-bond acceptors (Lipinski definition) is 5. The Hall–Kier alpha value is -4.48. The molecule has 7 aromatic carbocycles. The summed E-state index contributed by atoms with van der Waals surface area (Å²) in [6.45, 7) is 41.1. The fourth-order valence-corrected chi connectivity index (χ4v) is 29.4. The Bertz CT molecular complexity index is 3170. The zero-order valence-corrected chi connectivity index (χ0v) is 53.1. The van der Waals surface area contributed by atoms with Gasteiger partial charge in [0.05, 0.1) is 0 Å². The van der Waals surface area contributed by atoms with E-state index >= 15 is 0 Å². The van der Waals surface area contributed by atoms with Gasteiger partial charge in [0.1, 0.15) is 0 Å². The molecule has 0 bridgehead atoms. The Morgan fingerprint density at radius 2 is 0.487 bits per heavy atom. The molecule has 0 aromatic heterocycles. The number of rotatable bonds is 3. The maximum absolute atomic E-state index is 8.41. The molecule has 0 fully saturated rings. The first-order chi connectivity index (χ1) is 35.1. The summed E-state index contributed by atoms with van der Waals surface area (Å²) in [5, 5.41) is 0.575. The summed E-state index contributed by atoms with van der Waals surface area (Å²) in [6, 6.07) is 41.9. The van der Waals surface area contributed by atoms with E-state index in [1.54, 1.807) is 0 Å². The summed E-state index contributed by atoms with van der Waals surface area (Å²) >= 11 is 22.9. The minimum atomic E-state index is -6.46. The summed E-state index contributed by atoms with van der Waals surface area (Å²) in [6.07, 6.45) is 0. The van der Waals surface area contributed by atoms with E-state index in [0.29, 0.717) is 11.5 Å². The fourth-order valence-electron chi connectivity index (χ4n) is 11.7. The fraction of sp³-hybridized carbons (Fsp3) is 0.364. The summed E-state index contributed by atoms with van der Waals surface area (Å²) in [7, 11) is 0. The van der Waals surface area contributed by atoms with Crippen LogP contribution in [0.5, 0.6) is 11.5 Å². The zero-order chi connectivity index (χ0) is 55.2. The monoisotopic (exact) mass is 1200 g/mol. The van der Waals surface area contributed by atoms with Crippen molar-refractivity contribution in [3.63, 3.8) is 0 Å². The van der Waals surface area contributed by atoms with Gasteiger partial charge in [-0.05, 0) is 0 Å². The van der Waals surface area contributed by atoms with Crippen molar-refractivity contribution in [1.29, 1.82) is 0 Å². The number of benzene rings is 7. The van der Waals surface area contributed by atoms with Crippen LogP contribution >= 0.6 is 46.4 Å². The predicted molar refractivity (Wildman–Crippen MR) is 329 cm³/mol. The normalized spacial score (nSPS) is 16.7. The summed E-state index contributed by atoms with van der Waals surface area (Å²) in [5.41, 5.74) is 15.0. The van der Waals surface area contributed by atoms with Crippen molar-refractivity contribution >= 4 is 126 Å². The molecular weight excluding hydrogens is 1130 g/mol. The van der Waals surface area contributed by atoms with Crippen molar-refractivity contribution in [1.82, 2.24) is 0 Å². The van der Waals surface area contributed by atoms with Gasteiger partial charge in [-0.15, -0.1) is 0 Å². The predicted octanol–water partition coefficient (Wildman–Crippen LogP) is 19.3. The second kappa shape index (κ2) is 16.8. The molecular formula is C66H72Cl4N3O2Sb. The van der Waals surface area contributed by atoms with E-state index in [1.807, 2.05) is 0 Å². The minimum absolute atomic E-state index is 0.0717. The van der Waals surface area contributed by atoms with E-state index in [4.69, 9.17) is 52.4 Å². The van der Waals surface area contributed by atoms with Gasteiger partial charge in [0.25, 0.3) is 0 Å². The van der Waals surface area contributed by atoms with Gasteiger partial charge < -0.3 is 0 Å². The zero-order valence-electron chi connectivity index (χ0n) is 47.5. The third-order valence-electron chi connectivity index (χ3n) is 16.2. The number of anilines is 9. The second-order valence-electron chi connectivity index (χ2n) is 27.8. The van der Waals surface area contributed by atoms with Crippen molar-refractivity contribution in [3.05, 3.63) is 163 Å². The maximum atomic E-state index is 8.41. The van der Waals surface area contributed by atoms with Crippen molar-refractivity contribution in [2.75, 3.05) is 14.7 Å². The van der Waals surface area contributed by atoms with Gasteiger partial charge in [-0.3, -0.25) is 0 Å². The van der Waals surface area contributed by atoms with E-state index in [1.165, 1.54) is 16.7 Å². The average Bonchev–Trinajstić information content (AvgIpc) is 2.81. The first kappa shape index (κ1) is 53.5. The van der Waals surface area contributed by atoms with Gasteiger partial charge in [-0.1, -0.05) is 0 Å². The van der Waals surface area contributed by atoms with Crippen LogP contribution in [0, 0.1) is 0 Å². The first-order valence-corrected chi connectivity index (χ1v) is 34.1. The third-order valence-corrected chi connectivity index (χ3v) is 31.8. The Kier molecular flexibility index (Phi) is 11.8. The molecule has 0 atom stereocenters. The molecule has 0 N–H and O–H groups in total. The summed E-state index contributed by atoms with van der Waals surface area (Å²) < 4.78 is 19.8. The van der Waals surface area contributed by atoms with Crippen LogP contribution in [0.4, 0.5) is 51.2 Å². The number of halogens is 4. The van der Waals surface area contributed by atoms with Gasteiger partial charge in [0.15, 0.2) is 0 Å². The van der Waals surface area contributed by atoms with Crippen molar-refractivity contribution in [2.24, 2.45) is 0 Å². The van der Waals surface area contributed by atoms with Crippen LogP contribution in [-0.4, -0.2) is 18.2 Å². The van der Waals surface area contributed by atoms with Crippen molar-refractivity contribution in [3.8, 4) is 11.5 Å². The van der Waals surface area contributed by atoms with Gasteiger partial charge in [-0.25, -0.2) is 0 Å². The van der Waals surface area contributed by atoms with Crippen molar-refractivity contribution in [2.45, 2.75) is 157 Å². The van der Waals surface area contributed by atoms with E-state index in [-0.39, 0.29) is 52.6 Å². The molecule has 0 saturated carbocycles. The van der Waals surface area contributed by atoms with Crippen LogP contribution in [0.2, 0.25) is 20.1 Å². The third kappa shape index (κ3) is 7.73. The number of nitrogens with zero attached hydrogens (tertiary/aromatic N) is 3. The second-order valence-corrected chi connectivity index (χ2v) is 39.6. The van der Waals surface area contributed by atoms with Gasteiger partial charge in [-0.2, -0.15) is 0 Å². The van der Waals surface area contributed by atoms with Crippen LogP contribution in [-0.2, 0) is 32.5 Å². The topological polar surface area (TPSA) is 28.2 Å². The standard InChI is InChI=1S/C60H72N3.C6H2Cl4O2.Sb/c1-55(2,3)40-19-25-46(26-20-40)61-49-31-43(58(10,11)12)33-51(37-49)62(47-27-21-41(22-28-47)56(4,5)6)53-35-45(60(16,17)18)36-54(39-53)63(48-29-23-42(24-30-48)57(7,8)9)52-34-44(59(13,14)15)32-50(61)38-52;7-1-2(8)4(10)6(12)5(11)3(1)9;/h19-36H,1-18H3;11-12H;/q;;+2/p-2. The Balaban J connectivity index is 1.44. The molecule has 10 heteroatoms. The van der Waals surface area contributed by atoms with Crippen LogP contribution in [0.3, 0.4) is 0 Å². The molecule has 0 saturated heterocycles. The molecule has 0 unspecified atom stereocenters. The van der Waals surface area contributed by atoms with E-state index in [2.05, 4.69) is 249 Å². The van der Waals surface area contributed by atoms with E-state index in [0.717, 1.165) is 78.4 Å². The van der Waals surface area contributed by atoms with Crippen LogP contribution in [0.15, 0.2) is 109 Å². The number of fused-ring (bicyclic) bond motifs is 1. The molecule has 76 heavy (non-hydrogen) atoms. The molecule has 4 aliphatic heterocycles. The van der Waals surface area contributed by atoms with Crippen LogP contribution < -0.4 is 31.3 Å². The molecule has 0 amide bonds. The number of hydrogen-bond donors (Lipinski definition) is 0. The van der Waals surface area contributed by atoms with Gasteiger partial charge in [0.2, 0.25) is 0 Å². The molecule has 1 spiro atoms. The quantitative estimate of drug-likeness (QED) is 0.0999. The average molecular weight is 1200 g/mol. The molecule has 11 rings (SSSR count). The van der Waals surface area contributed by atoms with Gasteiger partial charge in [0, 0.05) is 0 Å². The first-order valence-electron chi connectivity index (χ1n) is 26.6. The Labute approximate surface area is 474 Å². The molecule has 4 aliphatic rings.